The van der Waals surface area contributed by atoms with Crippen LogP contribution in [0.5, 0.6) is 0 Å². The molecule has 0 aliphatic carbocycles. The maximum atomic E-state index is 2.75. The Balaban J connectivity index is 2.03. The van der Waals surface area contributed by atoms with Gasteiger partial charge < -0.3 is 0 Å². The Hall–Kier alpha value is -1.39. The fraction of sp³-hybridized carbons (Fsp3) is 0.263. The van der Waals surface area contributed by atoms with Gasteiger partial charge in [-0.15, -0.1) is 9.24 Å². The highest BCUT2D eigenvalue weighted by molar-refractivity contribution is 7.15. The van der Waals surface area contributed by atoms with Crippen molar-refractivity contribution in [1.29, 1.82) is 0 Å². The molecule has 0 amide bonds. The Morgan fingerprint density at radius 1 is 0.800 bits per heavy atom. The van der Waals surface area contributed by atoms with Crippen LogP contribution in [-0.4, -0.2) is 0 Å². The standard InChI is InChI=1S/C19H23P/c1-15(2)13-18-9-5-16(6-10-18)3-4-17-7-11-19(14-20)12-8-17/h3-12,15H,13-14,20H2,1-2H3. The zero-order valence-electron chi connectivity index (χ0n) is 12.3. The topological polar surface area (TPSA) is 0 Å². The highest BCUT2D eigenvalue weighted by Crippen LogP contribution is 2.14. The number of benzene rings is 2. The average molecular weight is 282 g/mol. The van der Waals surface area contributed by atoms with Crippen molar-refractivity contribution in [3.05, 3.63) is 70.8 Å². The summed E-state index contributed by atoms with van der Waals surface area (Å²) in [7, 11) is 2.75. The van der Waals surface area contributed by atoms with Crippen LogP contribution < -0.4 is 0 Å². The third-order valence-electron chi connectivity index (χ3n) is 3.31. The summed E-state index contributed by atoms with van der Waals surface area (Å²) in [5.74, 6) is 0.714. The zero-order valence-corrected chi connectivity index (χ0v) is 13.5. The second-order valence-corrected chi connectivity index (χ2v) is 6.03. The van der Waals surface area contributed by atoms with Crippen molar-refractivity contribution >= 4 is 21.4 Å². The first kappa shape index (κ1) is 15.0. The summed E-state index contributed by atoms with van der Waals surface area (Å²) in [4.78, 5) is 0. The summed E-state index contributed by atoms with van der Waals surface area (Å²) in [6, 6.07) is 17.6. The quantitative estimate of drug-likeness (QED) is 0.506. The molecular weight excluding hydrogens is 259 g/mol. The average Bonchev–Trinajstić information content (AvgIpc) is 2.46. The van der Waals surface area contributed by atoms with Gasteiger partial charge in [0.1, 0.15) is 0 Å². The van der Waals surface area contributed by atoms with Gasteiger partial charge in [0.2, 0.25) is 0 Å². The lowest BCUT2D eigenvalue weighted by Gasteiger charge is -2.04. The molecule has 0 N–H and O–H groups in total. The summed E-state index contributed by atoms with van der Waals surface area (Å²) in [5.41, 5.74) is 5.28. The Morgan fingerprint density at radius 3 is 1.65 bits per heavy atom. The highest BCUT2D eigenvalue weighted by Gasteiger charge is 1.97. The van der Waals surface area contributed by atoms with E-state index >= 15 is 0 Å². The van der Waals surface area contributed by atoms with E-state index in [1.807, 2.05) is 0 Å². The molecule has 2 rings (SSSR count). The van der Waals surface area contributed by atoms with Crippen molar-refractivity contribution in [2.45, 2.75) is 26.4 Å². The Bertz CT molecular complexity index is 547. The summed E-state index contributed by atoms with van der Waals surface area (Å²) in [6.45, 7) is 4.51. The van der Waals surface area contributed by atoms with Crippen molar-refractivity contribution in [3.63, 3.8) is 0 Å². The molecule has 0 heterocycles. The molecule has 1 unspecified atom stereocenters. The van der Waals surface area contributed by atoms with Gasteiger partial charge in [0, 0.05) is 0 Å². The lowest BCUT2D eigenvalue weighted by molar-refractivity contribution is 0.647. The predicted octanol–water partition coefficient (Wildman–Crippen LogP) is 5.43. The third kappa shape index (κ3) is 4.62. The first-order valence-electron chi connectivity index (χ1n) is 7.23. The zero-order chi connectivity index (χ0) is 14.4. The molecule has 0 saturated heterocycles. The fourth-order valence-electron chi connectivity index (χ4n) is 2.19. The lowest BCUT2D eigenvalue weighted by atomic mass is 10.0. The molecule has 1 heteroatoms. The van der Waals surface area contributed by atoms with E-state index in [4.69, 9.17) is 0 Å². The Labute approximate surface area is 125 Å². The molecule has 2 aromatic carbocycles. The molecular formula is C19H23P. The second kappa shape index (κ2) is 7.41. The maximum Gasteiger partial charge on any atom is -0.0128 e. The number of hydrogen-bond donors (Lipinski definition) is 0. The largest absolute Gasteiger partial charge is 0.133 e. The molecule has 0 fully saturated rings. The van der Waals surface area contributed by atoms with Gasteiger partial charge in [-0.25, -0.2) is 0 Å². The lowest BCUT2D eigenvalue weighted by Crippen LogP contribution is -1.93. The van der Waals surface area contributed by atoms with E-state index in [9.17, 15) is 0 Å². The van der Waals surface area contributed by atoms with Gasteiger partial charge in [-0.1, -0.05) is 74.5 Å². The Kier molecular flexibility index (Phi) is 5.56. The van der Waals surface area contributed by atoms with E-state index in [-0.39, 0.29) is 0 Å². The third-order valence-corrected chi connectivity index (χ3v) is 3.78. The molecule has 2 aromatic rings. The van der Waals surface area contributed by atoms with Crippen molar-refractivity contribution in [1.82, 2.24) is 0 Å². The molecule has 1 atom stereocenters. The minimum atomic E-state index is 0.714. The normalized spacial score (nSPS) is 11.4. The van der Waals surface area contributed by atoms with Gasteiger partial charge in [-0.05, 0) is 40.8 Å². The highest BCUT2D eigenvalue weighted by atomic mass is 31.0. The van der Waals surface area contributed by atoms with Gasteiger partial charge in [0.05, 0.1) is 0 Å². The van der Waals surface area contributed by atoms with E-state index in [1.54, 1.807) is 0 Å². The van der Waals surface area contributed by atoms with Crippen LogP contribution in [0.25, 0.3) is 12.2 Å². The summed E-state index contributed by atoms with van der Waals surface area (Å²) in [5, 5.41) is 0. The molecule has 0 aliphatic heterocycles. The van der Waals surface area contributed by atoms with Crippen LogP contribution in [0.1, 0.15) is 36.1 Å². The van der Waals surface area contributed by atoms with Crippen LogP contribution in [-0.2, 0) is 12.6 Å². The molecule has 0 aliphatic rings. The van der Waals surface area contributed by atoms with Gasteiger partial charge in [-0.2, -0.15) is 0 Å². The van der Waals surface area contributed by atoms with E-state index < -0.39 is 0 Å². The van der Waals surface area contributed by atoms with Crippen LogP contribution in [0, 0.1) is 5.92 Å². The molecule has 20 heavy (non-hydrogen) atoms. The minimum Gasteiger partial charge on any atom is -0.133 e. The minimum absolute atomic E-state index is 0.714. The van der Waals surface area contributed by atoms with Crippen LogP contribution in [0.4, 0.5) is 0 Å². The summed E-state index contributed by atoms with van der Waals surface area (Å²) < 4.78 is 0. The molecule has 0 nitrogen and oxygen atoms in total. The van der Waals surface area contributed by atoms with Crippen LogP contribution in [0.2, 0.25) is 0 Å². The summed E-state index contributed by atoms with van der Waals surface area (Å²) in [6.07, 6.45) is 6.51. The molecule has 104 valence electrons. The molecule has 0 radical (unpaired) electrons. The molecule has 0 spiro atoms. The summed E-state index contributed by atoms with van der Waals surface area (Å²) >= 11 is 0. The van der Waals surface area contributed by atoms with Gasteiger partial charge in [0.15, 0.2) is 0 Å². The maximum absolute atomic E-state index is 2.75. The fourth-order valence-corrected chi connectivity index (χ4v) is 2.47. The smallest absolute Gasteiger partial charge is 0.0128 e. The van der Waals surface area contributed by atoms with Crippen molar-refractivity contribution in [2.24, 2.45) is 5.92 Å². The SMILES string of the molecule is CC(C)Cc1ccc(C=Cc2ccc(CP)cc2)cc1. The second-order valence-electron chi connectivity index (χ2n) is 5.62. The molecule has 0 aromatic heterocycles. The van der Waals surface area contributed by atoms with E-state index in [0.717, 1.165) is 12.6 Å². The van der Waals surface area contributed by atoms with Crippen molar-refractivity contribution in [3.8, 4) is 0 Å². The Morgan fingerprint density at radius 2 is 1.25 bits per heavy atom. The van der Waals surface area contributed by atoms with Crippen LogP contribution in [0.3, 0.4) is 0 Å². The van der Waals surface area contributed by atoms with Gasteiger partial charge in [-0.3, -0.25) is 0 Å². The molecule has 0 saturated carbocycles. The molecule has 0 bridgehead atoms. The number of hydrogen-bond acceptors (Lipinski definition) is 0. The number of rotatable bonds is 5. The van der Waals surface area contributed by atoms with Crippen LogP contribution in [0.15, 0.2) is 48.5 Å². The van der Waals surface area contributed by atoms with E-state index in [2.05, 4.69) is 83.8 Å². The van der Waals surface area contributed by atoms with E-state index in [1.165, 1.54) is 22.3 Å². The van der Waals surface area contributed by atoms with Gasteiger partial charge in [0.25, 0.3) is 0 Å². The van der Waals surface area contributed by atoms with Crippen LogP contribution >= 0.6 is 9.24 Å². The van der Waals surface area contributed by atoms with Crippen molar-refractivity contribution in [2.75, 3.05) is 0 Å². The van der Waals surface area contributed by atoms with E-state index in [0.29, 0.717) is 5.92 Å². The first-order valence-corrected chi connectivity index (χ1v) is 8.05. The predicted molar refractivity (Wildman–Crippen MR) is 93.8 cm³/mol. The monoisotopic (exact) mass is 282 g/mol. The van der Waals surface area contributed by atoms with Gasteiger partial charge >= 0.3 is 0 Å². The van der Waals surface area contributed by atoms with Crippen molar-refractivity contribution < 1.29 is 0 Å². The first-order chi connectivity index (χ1) is 9.67.